The van der Waals surface area contributed by atoms with Gasteiger partial charge in [-0.05, 0) is 78.2 Å². The van der Waals surface area contributed by atoms with Crippen molar-refractivity contribution in [2.45, 2.75) is 0 Å². The lowest BCUT2D eigenvalue weighted by atomic mass is 10.0. The molecule has 0 aliphatic heterocycles. The lowest BCUT2D eigenvalue weighted by Crippen LogP contribution is -1.97. The highest BCUT2D eigenvalue weighted by Crippen LogP contribution is 2.46. The molecule has 0 radical (unpaired) electrons. The van der Waals surface area contributed by atoms with Crippen molar-refractivity contribution in [3.63, 3.8) is 0 Å². The highest BCUT2D eigenvalue weighted by atomic mass is 16.3. The molecule has 0 unspecified atom stereocenters. The minimum absolute atomic E-state index is 0.697. The first-order valence-corrected chi connectivity index (χ1v) is 20.0. The molecule has 0 amide bonds. The summed E-state index contributed by atoms with van der Waals surface area (Å²) in [5.41, 5.74) is 12.4. The van der Waals surface area contributed by atoms with E-state index in [2.05, 4.69) is 179 Å². The third kappa shape index (κ3) is 4.61. The van der Waals surface area contributed by atoms with Crippen LogP contribution in [0.15, 0.2) is 199 Å². The van der Waals surface area contributed by atoms with Crippen LogP contribution in [0.2, 0.25) is 0 Å². The van der Waals surface area contributed by atoms with Gasteiger partial charge in [-0.15, -0.1) is 0 Å². The molecule has 0 aliphatic rings. The first-order chi connectivity index (χ1) is 29.3. The summed E-state index contributed by atoms with van der Waals surface area (Å²) in [5, 5.41) is 10.4. The number of aromatic nitrogens is 4. The molecule has 0 fully saturated rings. The fourth-order valence-electron chi connectivity index (χ4n) is 9.55. The van der Waals surface area contributed by atoms with Crippen molar-refractivity contribution in [3.05, 3.63) is 194 Å². The number of hydrogen-bond donors (Lipinski definition) is 0. The smallest absolute Gasteiger partial charge is 0.160 e. The summed E-state index contributed by atoms with van der Waals surface area (Å²) in [4.78, 5) is 10.2. The van der Waals surface area contributed by atoms with E-state index in [0.717, 1.165) is 83.0 Å². The number of benzene rings is 9. The Bertz CT molecular complexity index is 3830. The van der Waals surface area contributed by atoms with E-state index < -0.39 is 0 Å². The largest absolute Gasteiger partial charge is 0.455 e. The van der Waals surface area contributed by atoms with Crippen LogP contribution < -0.4 is 0 Å². The van der Waals surface area contributed by atoms with Crippen molar-refractivity contribution in [2.75, 3.05) is 0 Å². The SMILES string of the molecule is c1ccc(-c2nc(-c3ccc(-n4c5ccc6c7ccccc7oc6c5c5c6c7ccccc7n(-c7cccc8ccccc78)c6ccc54)cc3)nc3ccccc23)cc1. The number of hydrogen-bond acceptors (Lipinski definition) is 3. The summed E-state index contributed by atoms with van der Waals surface area (Å²) >= 11 is 0. The third-order valence-corrected chi connectivity index (χ3v) is 12.1. The molecule has 5 nitrogen and oxygen atoms in total. The van der Waals surface area contributed by atoms with Gasteiger partial charge in [0.1, 0.15) is 11.2 Å². The van der Waals surface area contributed by atoms with E-state index in [9.17, 15) is 0 Å². The molecule has 0 atom stereocenters. The molecule has 0 spiro atoms. The molecule has 0 N–H and O–H groups in total. The van der Waals surface area contributed by atoms with Crippen LogP contribution in [0.25, 0.3) is 121 Å². The molecule has 4 aromatic heterocycles. The van der Waals surface area contributed by atoms with Crippen LogP contribution in [-0.4, -0.2) is 19.1 Å². The van der Waals surface area contributed by atoms with E-state index in [4.69, 9.17) is 14.4 Å². The van der Waals surface area contributed by atoms with Crippen molar-refractivity contribution in [2.24, 2.45) is 0 Å². The predicted octanol–water partition coefficient (Wildman–Crippen LogP) is 14.2. The van der Waals surface area contributed by atoms with Crippen LogP contribution in [0.4, 0.5) is 0 Å². The number of fused-ring (bicyclic) bond motifs is 13. The Morgan fingerprint density at radius 1 is 0.373 bits per heavy atom. The van der Waals surface area contributed by atoms with E-state index in [1.165, 1.54) is 32.4 Å². The third-order valence-electron chi connectivity index (χ3n) is 12.1. The molecule has 9 aromatic carbocycles. The Labute approximate surface area is 337 Å². The van der Waals surface area contributed by atoms with Gasteiger partial charge in [0.15, 0.2) is 5.82 Å². The summed E-state index contributed by atoms with van der Waals surface area (Å²) < 4.78 is 11.7. The minimum atomic E-state index is 0.697. The van der Waals surface area contributed by atoms with Crippen LogP contribution in [0.3, 0.4) is 0 Å². The second-order valence-corrected chi connectivity index (χ2v) is 15.3. The Morgan fingerprint density at radius 3 is 1.90 bits per heavy atom. The molecule has 5 heteroatoms. The van der Waals surface area contributed by atoms with E-state index in [1.807, 2.05) is 24.3 Å². The Morgan fingerprint density at radius 2 is 1.03 bits per heavy atom. The zero-order valence-corrected chi connectivity index (χ0v) is 31.7. The van der Waals surface area contributed by atoms with Crippen LogP contribution >= 0.6 is 0 Å². The lowest BCUT2D eigenvalue weighted by Gasteiger charge is -2.12. The molecule has 0 saturated heterocycles. The summed E-state index contributed by atoms with van der Waals surface area (Å²) in [6.07, 6.45) is 0. The molecule has 4 heterocycles. The van der Waals surface area contributed by atoms with Gasteiger partial charge in [0.25, 0.3) is 0 Å². The van der Waals surface area contributed by atoms with Crippen molar-refractivity contribution in [1.29, 1.82) is 0 Å². The number of nitrogens with zero attached hydrogens (tertiary/aromatic N) is 4. The maximum atomic E-state index is 6.86. The number of para-hydroxylation sites is 3. The van der Waals surface area contributed by atoms with E-state index in [0.29, 0.717) is 5.82 Å². The van der Waals surface area contributed by atoms with E-state index >= 15 is 0 Å². The van der Waals surface area contributed by atoms with Crippen molar-refractivity contribution < 1.29 is 4.42 Å². The van der Waals surface area contributed by atoms with E-state index in [1.54, 1.807) is 0 Å². The summed E-state index contributed by atoms with van der Waals surface area (Å²) in [6, 6.07) is 68.8. The summed E-state index contributed by atoms with van der Waals surface area (Å²) in [5.74, 6) is 0.697. The normalized spacial score (nSPS) is 12.1. The zero-order valence-electron chi connectivity index (χ0n) is 31.7. The van der Waals surface area contributed by atoms with Gasteiger partial charge in [-0.3, -0.25) is 0 Å². The van der Waals surface area contributed by atoms with Gasteiger partial charge in [-0.25, -0.2) is 9.97 Å². The molecule has 13 rings (SSSR count). The van der Waals surface area contributed by atoms with Gasteiger partial charge < -0.3 is 13.6 Å². The fourth-order valence-corrected chi connectivity index (χ4v) is 9.55. The summed E-state index contributed by atoms with van der Waals surface area (Å²) in [7, 11) is 0. The molecular formula is C54H32N4O. The molecule has 13 aromatic rings. The highest BCUT2D eigenvalue weighted by Gasteiger charge is 2.24. The van der Waals surface area contributed by atoms with E-state index in [-0.39, 0.29) is 0 Å². The second-order valence-electron chi connectivity index (χ2n) is 15.3. The standard InChI is InChI=1S/C54H32N4O/c1-2-14-34(15-3-1)52-40-19-6-9-21-42(40)55-54(56-52)35-25-27-36(28-26-35)57-46-32-31-45-49(50(46)51-47(57)30-29-39-38-18-8-11-24-48(38)59-53(39)51)41-20-7-10-22-44(41)58(45)43-23-12-16-33-13-4-5-17-37(33)43/h1-32H. The first kappa shape index (κ1) is 32.1. The average molecular weight is 753 g/mol. The first-order valence-electron chi connectivity index (χ1n) is 20.0. The maximum absolute atomic E-state index is 6.86. The molecule has 274 valence electrons. The lowest BCUT2D eigenvalue weighted by molar-refractivity contribution is 0.673. The highest BCUT2D eigenvalue weighted by molar-refractivity contribution is 6.34. The minimum Gasteiger partial charge on any atom is -0.455 e. The van der Waals surface area contributed by atoms with Gasteiger partial charge in [0, 0.05) is 54.5 Å². The van der Waals surface area contributed by atoms with Gasteiger partial charge in [0.2, 0.25) is 0 Å². The Balaban J connectivity index is 1.10. The number of furan rings is 1. The zero-order chi connectivity index (χ0) is 38.6. The quantitative estimate of drug-likeness (QED) is 0.180. The van der Waals surface area contributed by atoms with Crippen molar-refractivity contribution in [1.82, 2.24) is 19.1 Å². The van der Waals surface area contributed by atoms with Crippen molar-refractivity contribution in [3.8, 4) is 34.0 Å². The van der Waals surface area contributed by atoms with Gasteiger partial charge in [-0.2, -0.15) is 0 Å². The Kier molecular flexibility index (Phi) is 6.66. The predicted molar refractivity (Wildman–Crippen MR) is 244 cm³/mol. The Hall–Kier alpha value is -8.02. The van der Waals surface area contributed by atoms with Crippen LogP contribution in [0.5, 0.6) is 0 Å². The van der Waals surface area contributed by atoms with Gasteiger partial charge in [-0.1, -0.05) is 121 Å². The van der Waals surface area contributed by atoms with Crippen LogP contribution in [-0.2, 0) is 0 Å². The van der Waals surface area contributed by atoms with Crippen LogP contribution in [0.1, 0.15) is 0 Å². The molecular weight excluding hydrogens is 721 g/mol. The summed E-state index contributed by atoms with van der Waals surface area (Å²) in [6.45, 7) is 0. The molecule has 0 aliphatic carbocycles. The monoisotopic (exact) mass is 752 g/mol. The molecule has 0 saturated carbocycles. The second kappa shape index (κ2) is 12.2. The fraction of sp³-hybridized carbons (Fsp3) is 0. The van der Waals surface area contributed by atoms with Gasteiger partial charge >= 0.3 is 0 Å². The van der Waals surface area contributed by atoms with Crippen molar-refractivity contribution >= 4 is 87.2 Å². The topological polar surface area (TPSA) is 48.8 Å². The van der Waals surface area contributed by atoms with Crippen LogP contribution in [0, 0.1) is 0 Å². The van der Waals surface area contributed by atoms with Gasteiger partial charge in [0.05, 0.1) is 44.4 Å². The molecule has 0 bridgehead atoms. The molecule has 59 heavy (non-hydrogen) atoms. The maximum Gasteiger partial charge on any atom is 0.160 e. The average Bonchev–Trinajstić information content (AvgIpc) is 3.96. The number of rotatable bonds is 4.